The summed E-state index contributed by atoms with van der Waals surface area (Å²) in [5, 5.41) is 1.10. The van der Waals surface area contributed by atoms with Crippen molar-refractivity contribution in [2.24, 2.45) is 11.7 Å². The molecule has 2 nitrogen and oxygen atoms in total. The van der Waals surface area contributed by atoms with Gasteiger partial charge in [-0.3, -0.25) is 4.98 Å². The third-order valence-electron chi connectivity index (χ3n) is 2.24. The second-order valence-corrected chi connectivity index (χ2v) is 4.94. The smallest absolute Gasteiger partial charge is 0.0757 e. The van der Waals surface area contributed by atoms with Gasteiger partial charge in [0.15, 0.2) is 0 Å². The van der Waals surface area contributed by atoms with Crippen molar-refractivity contribution in [1.82, 2.24) is 4.98 Å². The number of pyridine rings is 1. The molecule has 0 fully saturated rings. The summed E-state index contributed by atoms with van der Waals surface area (Å²) < 4.78 is 0. The van der Waals surface area contributed by atoms with Gasteiger partial charge in [-0.25, -0.2) is 0 Å². The van der Waals surface area contributed by atoms with Crippen LogP contribution in [0, 0.1) is 5.92 Å². The molecule has 1 aromatic rings. The topological polar surface area (TPSA) is 38.9 Å². The van der Waals surface area contributed by atoms with Gasteiger partial charge in [0.2, 0.25) is 0 Å². The van der Waals surface area contributed by atoms with E-state index in [1.165, 1.54) is 0 Å². The van der Waals surface area contributed by atoms with E-state index in [4.69, 9.17) is 28.9 Å². The number of aromatic nitrogens is 1. The largest absolute Gasteiger partial charge is 0.323 e. The molecule has 2 N–H and O–H groups in total. The molecule has 15 heavy (non-hydrogen) atoms. The van der Waals surface area contributed by atoms with E-state index in [1.807, 2.05) is 0 Å². The summed E-state index contributed by atoms with van der Waals surface area (Å²) in [4.78, 5) is 4.17. The number of rotatable bonds is 4. The number of nitrogens with zero attached hydrogens (tertiary/aromatic N) is 1. The maximum Gasteiger partial charge on any atom is 0.0757 e. The van der Waals surface area contributed by atoms with Crippen LogP contribution in [0.25, 0.3) is 0 Å². The Kier molecular flexibility index (Phi) is 4.84. The lowest BCUT2D eigenvalue weighted by atomic mass is 10.0. The standard InChI is InChI=1S/C11H16Cl2N2/c1-7(2)3-4-10(14)11-9(13)5-8(12)6-15-11/h5-7,10H,3-4,14H2,1-2H3. The van der Waals surface area contributed by atoms with Crippen molar-refractivity contribution >= 4 is 23.2 Å². The van der Waals surface area contributed by atoms with Crippen molar-refractivity contribution in [2.75, 3.05) is 0 Å². The molecule has 1 unspecified atom stereocenters. The molecule has 1 rings (SSSR count). The lowest BCUT2D eigenvalue weighted by Gasteiger charge is -2.13. The quantitative estimate of drug-likeness (QED) is 0.878. The molecule has 4 heteroatoms. The summed E-state index contributed by atoms with van der Waals surface area (Å²) in [5.74, 6) is 0.641. The Bertz CT molecular complexity index is 326. The summed E-state index contributed by atoms with van der Waals surface area (Å²) in [5.41, 5.74) is 6.74. The first-order valence-electron chi connectivity index (χ1n) is 5.07. The Morgan fingerprint density at radius 3 is 2.53 bits per heavy atom. The van der Waals surface area contributed by atoms with E-state index >= 15 is 0 Å². The molecule has 1 atom stereocenters. The van der Waals surface area contributed by atoms with Crippen LogP contribution in [0.1, 0.15) is 38.4 Å². The van der Waals surface area contributed by atoms with Gasteiger partial charge in [0.05, 0.1) is 15.7 Å². The van der Waals surface area contributed by atoms with Crippen molar-refractivity contribution in [3.8, 4) is 0 Å². The molecule has 1 heterocycles. The summed E-state index contributed by atoms with van der Waals surface area (Å²) >= 11 is 11.8. The van der Waals surface area contributed by atoms with Crippen molar-refractivity contribution in [1.29, 1.82) is 0 Å². The minimum absolute atomic E-state index is 0.0998. The predicted octanol–water partition coefficient (Wildman–Crippen LogP) is 3.82. The second-order valence-electron chi connectivity index (χ2n) is 4.10. The van der Waals surface area contributed by atoms with Crippen LogP contribution in [-0.2, 0) is 0 Å². The van der Waals surface area contributed by atoms with Crippen molar-refractivity contribution < 1.29 is 0 Å². The Balaban J connectivity index is 2.69. The predicted molar refractivity (Wildman–Crippen MR) is 65.3 cm³/mol. The van der Waals surface area contributed by atoms with Crippen LogP contribution in [0.2, 0.25) is 10.0 Å². The maximum atomic E-state index is 6.01. The molecule has 0 radical (unpaired) electrons. The minimum atomic E-state index is -0.0998. The van der Waals surface area contributed by atoms with Crippen LogP contribution in [0.3, 0.4) is 0 Å². The molecule has 0 bridgehead atoms. The van der Waals surface area contributed by atoms with E-state index in [9.17, 15) is 0 Å². The SMILES string of the molecule is CC(C)CCC(N)c1ncc(Cl)cc1Cl. The Morgan fingerprint density at radius 2 is 2.00 bits per heavy atom. The van der Waals surface area contributed by atoms with Gasteiger partial charge >= 0.3 is 0 Å². The number of halogens is 2. The van der Waals surface area contributed by atoms with E-state index in [2.05, 4.69) is 18.8 Å². The van der Waals surface area contributed by atoms with E-state index in [-0.39, 0.29) is 6.04 Å². The van der Waals surface area contributed by atoms with Gasteiger partial charge in [0.25, 0.3) is 0 Å². The fourth-order valence-electron chi connectivity index (χ4n) is 1.35. The van der Waals surface area contributed by atoms with Crippen LogP contribution >= 0.6 is 23.2 Å². The number of hydrogen-bond acceptors (Lipinski definition) is 2. The van der Waals surface area contributed by atoms with Crippen LogP contribution in [-0.4, -0.2) is 4.98 Å². The molecule has 84 valence electrons. The van der Waals surface area contributed by atoms with E-state index in [0.29, 0.717) is 16.0 Å². The number of nitrogens with two attached hydrogens (primary N) is 1. The molecule has 0 spiro atoms. The van der Waals surface area contributed by atoms with Gasteiger partial charge < -0.3 is 5.73 Å². The maximum absolute atomic E-state index is 6.01. The molecule has 0 aliphatic rings. The summed E-state index contributed by atoms with van der Waals surface area (Å²) in [6.45, 7) is 4.34. The fourth-order valence-corrected chi connectivity index (χ4v) is 1.87. The lowest BCUT2D eigenvalue weighted by molar-refractivity contribution is 0.501. The molecule has 0 amide bonds. The van der Waals surface area contributed by atoms with Gasteiger partial charge in [-0.1, -0.05) is 37.0 Å². The zero-order valence-electron chi connectivity index (χ0n) is 9.00. The second kappa shape index (κ2) is 5.69. The average Bonchev–Trinajstić information content (AvgIpc) is 2.14. The first-order valence-corrected chi connectivity index (χ1v) is 5.82. The third kappa shape index (κ3) is 3.98. The first kappa shape index (κ1) is 12.8. The number of hydrogen-bond donors (Lipinski definition) is 1. The van der Waals surface area contributed by atoms with Crippen LogP contribution in [0.15, 0.2) is 12.3 Å². The van der Waals surface area contributed by atoms with E-state index in [0.717, 1.165) is 18.5 Å². The van der Waals surface area contributed by atoms with E-state index in [1.54, 1.807) is 12.3 Å². The Labute approximate surface area is 101 Å². The van der Waals surface area contributed by atoms with E-state index < -0.39 is 0 Å². The van der Waals surface area contributed by atoms with Gasteiger partial charge in [-0.05, 0) is 24.8 Å². The zero-order chi connectivity index (χ0) is 11.4. The van der Waals surface area contributed by atoms with Gasteiger partial charge in [-0.2, -0.15) is 0 Å². The fraction of sp³-hybridized carbons (Fsp3) is 0.545. The minimum Gasteiger partial charge on any atom is -0.323 e. The average molecular weight is 247 g/mol. The zero-order valence-corrected chi connectivity index (χ0v) is 10.5. The first-order chi connectivity index (χ1) is 7.00. The monoisotopic (exact) mass is 246 g/mol. The summed E-state index contributed by atoms with van der Waals surface area (Å²) in [7, 11) is 0. The molecule has 0 aromatic carbocycles. The Morgan fingerprint density at radius 1 is 1.33 bits per heavy atom. The van der Waals surface area contributed by atoms with Crippen LogP contribution in [0.5, 0.6) is 0 Å². The molecule has 0 aliphatic heterocycles. The molecule has 0 saturated heterocycles. The summed E-state index contributed by atoms with van der Waals surface area (Å²) in [6, 6.07) is 1.58. The van der Waals surface area contributed by atoms with Crippen molar-refractivity contribution in [2.45, 2.75) is 32.7 Å². The lowest BCUT2D eigenvalue weighted by Crippen LogP contribution is -2.13. The highest BCUT2D eigenvalue weighted by Crippen LogP contribution is 2.25. The molecule has 0 saturated carbocycles. The molecular formula is C11H16Cl2N2. The van der Waals surface area contributed by atoms with Gasteiger partial charge in [0, 0.05) is 12.2 Å². The summed E-state index contributed by atoms with van der Waals surface area (Å²) in [6.07, 6.45) is 3.55. The highest BCUT2D eigenvalue weighted by Gasteiger charge is 2.12. The molecular weight excluding hydrogens is 231 g/mol. The highest BCUT2D eigenvalue weighted by atomic mass is 35.5. The van der Waals surface area contributed by atoms with Crippen molar-refractivity contribution in [3.05, 3.63) is 28.0 Å². The van der Waals surface area contributed by atoms with Gasteiger partial charge in [-0.15, -0.1) is 0 Å². The normalized spacial score (nSPS) is 13.2. The highest BCUT2D eigenvalue weighted by molar-refractivity contribution is 6.34. The van der Waals surface area contributed by atoms with Crippen LogP contribution < -0.4 is 5.73 Å². The van der Waals surface area contributed by atoms with Gasteiger partial charge in [0.1, 0.15) is 0 Å². The molecule has 1 aromatic heterocycles. The molecule has 0 aliphatic carbocycles. The Hall–Kier alpha value is -0.310. The van der Waals surface area contributed by atoms with Crippen molar-refractivity contribution in [3.63, 3.8) is 0 Å². The van der Waals surface area contributed by atoms with Crippen LogP contribution in [0.4, 0.5) is 0 Å². The third-order valence-corrected chi connectivity index (χ3v) is 2.75.